The minimum absolute atomic E-state index is 0.176. The number of piperidine rings is 1. The molecule has 1 saturated heterocycles. The number of nitrogens with zero attached hydrogens (tertiary/aromatic N) is 3. The molecule has 2 amide bonds. The Morgan fingerprint density at radius 2 is 2.07 bits per heavy atom. The highest BCUT2D eigenvalue weighted by atomic mass is 32.2. The third kappa shape index (κ3) is 3.93. The lowest BCUT2D eigenvalue weighted by atomic mass is 9.92. The van der Waals surface area contributed by atoms with Gasteiger partial charge in [0.2, 0.25) is 14.8 Å². The average molecular weight is 416 g/mol. The molecule has 3 rings (SSSR count). The van der Waals surface area contributed by atoms with Crippen molar-refractivity contribution in [2.75, 3.05) is 18.4 Å². The second-order valence-corrected chi connectivity index (χ2v) is 9.48. The molecule has 2 heterocycles. The number of likely N-dealkylation sites (tertiary alicyclic amines) is 1. The van der Waals surface area contributed by atoms with Gasteiger partial charge in [0.1, 0.15) is 10.8 Å². The molecule has 27 heavy (non-hydrogen) atoms. The average Bonchev–Trinajstić information content (AvgIpc) is 3.14. The van der Waals surface area contributed by atoms with Crippen molar-refractivity contribution in [2.45, 2.75) is 29.7 Å². The van der Waals surface area contributed by atoms with Crippen LogP contribution in [0.3, 0.4) is 0 Å². The SMILES string of the molecule is CC(F)(C1CCN(C(=O)Nc2cnns2)CC1)S(=O)(=O)c1cccc(F)c1. The predicted molar refractivity (Wildman–Crippen MR) is 96.3 cm³/mol. The van der Waals surface area contributed by atoms with E-state index in [9.17, 15) is 17.6 Å². The van der Waals surface area contributed by atoms with E-state index in [4.69, 9.17) is 0 Å². The van der Waals surface area contributed by atoms with E-state index in [0.717, 1.165) is 30.6 Å². The van der Waals surface area contributed by atoms with Crippen LogP contribution in [0.5, 0.6) is 0 Å². The van der Waals surface area contributed by atoms with Crippen molar-refractivity contribution in [1.82, 2.24) is 14.5 Å². The van der Waals surface area contributed by atoms with Crippen LogP contribution in [0.1, 0.15) is 19.8 Å². The fourth-order valence-electron chi connectivity index (χ4n) is 3.09. The van der Waals surface area contributed by atoms with Gasteiger partial charge in [0.05, 0.1) is 11.1 Å². The van der Waals surface area contributed by atoms with Gasteiger partial charge in [0.25, 0.3) is 0 Å². The first-order valence-corrected chi connectivity index (χ1v) is 10.5. The second kappa shape index (κ2) is 7.47. The lowest BCUT2D eigenvalue weighted by molar-refractivity contribution is 0.117. The van der Waals surface area contributed by atoms with Gasteiger partial charge in [0, 0.05) is 30.5 Å². The molecule has 1 aromatic heterocycles. The van der Waals surface area contributed by atoms with Gasteiger partial charge in [-0.3, -0.25) is 5.32 Å². The van der Waals surface area contributed by atoms with Gasteiger partial charge >= 0.3 is 6.03 Å². The van der Waals surface area contributed by atoms with Gasteiger partial charge in [-0.05, 0) is 38.0 Å². The summed E-state index contributed by atoms with van der Waals surface area (Å²) in [6, 6.07) is 3.97. The number of amides is 2. The number of halogens is 2. The maximum Gasteiger partial charge on any atom is 0.322 e. The van der Waals surface area contributed by atoms with Crippen LogP contribution in [0.2, 0.25) is 0 Å². The highest BCUT2D eigenvalue weighted by molar-refractivity contribution is 7.92. The molecule has 2 aromatic rings. The number of alkyl halides is 1. The second-order valence-electron chi connectivity index (χ2n) is 6.42. The van der Waals surface area contributed by atoms with Crippen LogP contribution in [0.4, 0.5) is 18.6 Å². The van der Waals surface area contributed by atoms with Crippen LogP contribution in [0.15, 0.2) is 35.4 Å². The molecular weight excluding hydrogens is 398 g/mol. The van der Waals surface area contributed by atoms with Crippen LogP contribution >= 0.6 is 11.5 Å². The third-order valence-electron chi connectivity index (χ3n) is 4.73. The first kappa shape index (κ1) is 19.6. The Labute approximate surface area is 159 Å². The Hall–Kier alpha value is -2.14. The molecule has 1 aliphatic rings. The van der Waals surface area contributed by atoms with Crippen molar-refractivity contribution < 1.29 is 22.0 Å². The van der Waals surface area contributed by atoms with Crippen LogP contribution < -0.4 is 5.32 Å². The Morgan fingerprint density at radius 1 is 1.37 bits per heavy atom. The van der Waals surface area contributed by atoms with E-state index in [1.165, 1.54) is 23.2 Å². The van der Waals surface area contributed by atoms with Crippen LogP contribution in [0, 0.1) is 11.7 Å². The predicted octanol–water partition coefficient (Wildman–Crippen LogP) is 3.08. The number of urea groups is 1. The number of benzene rings is 1. The first-order valence-electron chi connectivity index (χ1n) is 8.24. The lowest BCUT2D eigenvalue weighted by Gasteiger charge is -2.37. The van der Waals surface area contributed by atoms with Crippen LogP contribution in [0.25, 0.3) is 0 Å². The van der Waals surface area contributed by atoms with E-state index in [1.807, 2.05) is 0 Å². The largest absolute Gasteiger partial charge is 0.324 e. The van der Waals surface area contributed by atoms with Crippen molar-refractivity contribution in [3.8, 4) is 0 Å². The molecule has 146 valence electrons. The normalized spacial score (nSPS) is 18.1. The quantitative estimate of drug-likeness (QED) is 0.827. The summed E-state index contributed by atoms with van der Waals surface area (Å²) in [7, 11) is -4.38. The molecule has 0 bridgehead atoms. The van der Waals surface area contributed by atoms with Crippen molar-refractivity contribution in [3.63, 3.8) is 0 Å². The smallest absolute Gasteiger partial charge is 0.322 e. The standard InChI is InChI=1S/C16H18F2N4O3S2/c1-16(18,27(24,25)13-4-2-3-12(17)9-13)11-5-7-22(8-6-11)15(23)20-14-10-19-21-26-14/h2-4,9-11H,5-8H2,1H3,(H,20,23). The van der Waals surface area contributed by atoms with E-state index in [0.29, 0.717) is 5.00 Å². The molecule has 0 saturated carbocycles. The molecular formula is C16H18F2N4O3S2. The number of nitrogens with one attached hydrogen (secondary N) is 1. The number of rotatable bonds is 4. The monoisotopic (exact) mass is 416 g/mol. The number of aromatic nitrogens is 2. The molecule has 1 N–H and O–H groups in total. The first-order chi connectivity index (χ1) is 12.7. The number of hydrogen-bond acceptors (Lipinski definition) is 6. The Bertz CT molecular complexity index is 912. The number of hydrogen-bond donors (Lipinski definition) is 1. The van der Waals surface area contributed by atoms with Gasteiger partial charge in [-0.2, -0.15) is 0 Å². The maximum absolute atomic E-state index is 15.4. The van der Waals surface area contributed by atoms with Crippen molar-refractivity contribution in [1.29, 1.82) is 0 Å². The highest BCUT2D eigenvalue weighted by Crippen LogP contribution is 2.39. The summed E-state index contributed by atoms with van der Waals surface area (Å²) in [6.07, 6.45) is 1.77. The van der Waals surface area contributed by atoms with E-state index in [2.05, 4.69) is 14.9 Å². The fraction of sp³-hybridized carbons (Fsp3) is 0.438. The van der Waals surface area contributed by atoms with Crippen molar-refractivity contribution in [2.24, 2.45) is 5.92 Å². The topological polar surface area (TPSA) is 92.3 Å². The number of anilines is 1. The molecule has 1 fully saturated rings. The van der Waals surface area contributed by atoms with Gasteiger partial charge in [0.15, 0.2) is 0 Å². The van der Waals surface area contributed by atoms with Gasteiger partial charge in [-0.1, -0.05) is 10.6 Å². The summed E-state index contributed by atoms with van der Waals surface area (Å²) < 4.78 is 57.8. The summed E-state index contributed by atoms with van der Waals surface area (Å²) in [6.45, 7) is 1.43. The summed E-state index contributed by atoms with van der Waals surface area (Å²) in [5.41, 5.74) is 0. The van der Waals surface area contributed by atoms with E-state index >= 15 is 4.39 Å². The Morgan fingerprint density at radius 3 is 2.67 bits per heavy atom. The zero-order valence-electron chi connectivity index (χ0n) is 14.4. The molecule has 0 radical (unpaired) electrons. The third-order valence-corrected chi connectivity index (χ3v) is 7.57. The fourth-order valence-corrected chi connectivity index (χ4v) is 5.16. The molecule has 1 aliphatic heterocycles. The van der Waals surface area contributed by atoms with Gasteiger partial charge in [-0.25, -0.2) is 22.0 Å². The number of carbonyl (C=O) groups excluding carboxylic acids is 1. The molecule has 0 spiro atoms. The summed E-state index contributed by atoms with van der Waals surface area (Å²) in [5.74, 6) is -1.55. The zero-order valence-corrected chi connectivity index (χ0v) is 16.1. The lowest BCUT2D eigenvalue weighted by Crippen LogP contribution is -2.47. The molecule has 7 nitrogen and oxygen atoms in total. The maximum atomic E-state index is 15.4. The minimum Gasteiger partial charge on any atom is -0.324 e. The van der Waals surface area contributed by atoms with Crippen molar-refractivity contribution in [3.05, 3.63) is 36.3 Å². The molecule has 1 aromatic carbocycles. The number of carbonyl (C=O) groups is 1. The summed E-state index contributed by atoms with van der Waals surface area (Å²) >= 11 is 1.03. The Kier molecular flexibility index (Phi) is 5.43. The van der Waals surface area contributed by atoms with Gasteiger partial charge in [-0.15, -0.1) is 5.10 Å². The molecule has 11 heteroatoms. The molecule has 0 aliphatic carbocycles. The summed E-state index contributed by atoms with van der Waals surface area (Å²) in [5, 5.41) is 4.18. The van der Waals surface area contributed by atoms with E-state index in [-0.39, 0.29) is 36.9 Å². The Balaban J connectivity index is 1.68. The van der Waals surface area contributed by atoms with E-state index < -0.39 is 26.6 Å². The highest BCUT2D eigenvalue weighted by Gasteiger charge is 2.48. The zero-order chi connectivity index (χ0) is 19.7. The molecule has 1 unspecified atom stereocenters. The van der Waals surface area contributed by atoms with Gasteiger partial charge < -0.3 is 4.90 Å². The van der Waals surface area contributed by atoms with Crippen molar-refractivity contribution >= 4 is 32.4 Å². The summed E-state index contributed by atoms with van der Waals surface area (Å²) in [4.78, 5) is 13.3. The molecule has 1 atom stereocenters. The van der Waals surface area contributed by atoms with Crippen LogP contribution in [-0.2, 0) is 9.84 Å². The number of sulfone groups is 1. The van der Waals surface area contributed by atoms with Crippen LogP contribution in [-0.4, -0.2) is 47.0 Å². The minimum atomic E-state index is -4.38. The van der Waals surface area contributed by atoms with E-state index in [1.54, 1.807) is 0 Å².